The smallest absolute Gasteiger partial charge is 0.245 e. The highest BCUT2D eigenvalue weighted by molar-refractivity contribution is 5.80. The van der Waals surface area contributed by atoms with Crippen LogP contribution in [0.15, 0.2) is 30.3 Å². The Morgan fingerprint density at radius 1 is 1.23 bits per heavy atom. The van der Waals surface area contributed by atoms with Gasteiger partial charge in [-0.1, -0.05) is 19.1 Å². The third-order valence-corrected chi connectivity index (χ3v) is 5.03. The first-order valence-electron chi connectivity index (χ1n) is 10.0. The normalized spacial score (nSPS) is 13.1. The molecule has 0 bridgehead atoms. The number of amides is 1. The molecule has 0 aliphatic heterocycles. The monoisotopic (exact) mass is 411 g/mol. The Balaban J connectivity index is 1.69. The zero-order valence-corrected chi connectivity index (χ0v) is 18.2. The molecule has 0 radical (unpaired) electrons. The van der Waals surface area contributed by atoms with Crippen LogP contribution in [0.3, 0.4) is 0 Å². The number of carbonyl (C=O) groups is 1. The molecule has 2 heterocycles. The van der Waals surface area contributed by atoms with E-state index in [1.54, 1.807) is 18.7 Å². The molecule has 0 fully saturated rings. The van der Waals surface area contributed by atoms with Gasteiger partial charge in [-0.3, -0.25) is 9.48 Å². The van der Waals surface area contributed by atoms with Gasteiger partial charge < -0.3 is 10.1 Å². The average molecular weight is 412 g/mol. The Hall–Kier alpha value is -3.23. The van der Waals surface area contributed by atoms with Crippen LogP contribution in [-0.2, 0) is 17.8 Å². The molecule has 0 aliphatic rings. The maximum Gasteiger partial charge on any atom is 0.245 e. The van der Waals surface area contributed by atoms with E-state index < -0.39 is 6.04 Å². The standard InChI is InChI=1S/C21H29N7O2/c1-14(13-27-16(3)9-15(2)24-27)12-22-21(29)20(28-17(4)23-25-26-28)11-18-7-6-8-19(10-18)30-5/h6-10,14,20H,11-13H2,1-5H3,(H,22,29). The van der Waals surface area contributed by atoms with E-state index in [4.69, 9.17) is 4.74 Å². The van der Waals surface area contributed by atoms with Crippen LogP contribution in [-0.4, -0.2) is 49.5 Å². The highest BCUT2D eigenvalue weighted by Gasteiger charge is 2.24. The molecule has 3 rings (SSSR count). The first-order chi connectivity index (χ1) is 14.4. The highest BCUT2D eigenvalue weighted by atomic mass is 16.5. The maximum absolute atomic E-state index is 13.1. The zero-order valence-electron chi connectivity index (χ0n) is 18.2. The molecule has 0 saturated carbocycles. The Morgan fingerprint density at radius 3 is 2.67 bits per heavy atom. The first-order valence-corrected chi connectivity index (χ1v) is 10.0. The molecule has 0 saturated heterocycles. The van der Waals surface area contributed by atoms with E-state index in [0.717, 1.165) is 29.2 Å². The number of ether oxygens (including phenoxy) is 1. The lowest BCUT2D eigenvalue weighted by molar-refractivity contribution is -0.124. The largest absolute Gasteiger partial charge is 0.497 e. The number of nitrogens with zero attached hydrogens (tertiary/aromatic N) is 6. The van der Waals surface area contributed by atoms with Gasteiger partial charge in [0.05, 0.1) is 12.8 Å². The number of hydrogen-bond acceptors (Lipinski definition) is 6. The van der Waals surface area contributed by atoms with Crippen LogP contribution in [0.4, 0.5) is 0 Å². The minimum Gasteiger partial charge on any atom is -0.497 e. The maximum atomic E-state index is 13.1. The van der Waals surface area contributed by atoms with E-state index >= 15 is 0 Å². The molecule has 9 heteroatoms. The van der Waals surface area contributed by atoms with Crippen LogP contribution in [0.25, 0.3) is 0 Å². The van der Waals surface area contributed by atoms with E-state index in [2.05, 4.69) is 38.9 Å². The minimum atomic E-state index is -0.548. The number of tetrazole rings is 1. The van der Waals surface area contributed by atoms with E-state index in [1.165, 1.54) is 0 Å². The van der Waals surface area contributed by atoms with Gasteiger partial charge in [0.15, 0.2) is 0 Å². The lowest BCUT2D eigenvalue weighted by Gasteiger charge is -2.20. The molecular weight excluding hydrogens is 382 g/mol. The number of rotatable bonds is 9. The van der Waals surface area contributed by atoms with Crippen molar-refractivity contribution in [3.63, 3.8) is 0 Å². The first kappa shape index (κ1) is 21.5. The zero-order chi connectivity index (χ0) is 21.7. The fourth-order valence-electron chi connectivity index (χ4n) is 3.45. The molecule has 1 N–H and O–H groups in total. The van der Waals surface area contributed by atoms with Crippen LogP contribution in [0.5, 0.6) is 5.75 Å². The summed E-state index contributed by atoms with van der Waals surface area (Å²) < 4.78 is 8.85. The molecule has 160 valence electrons. The van der Waals surface area contributed by atoms with Gasteiger partial charge in [-0.15, -0.1) is 5.10 Å². The third-order valence-electron chi connectivity index (χ3n) is 5.03. The number of nitrogens with one attached hydrogen (secondary N) is 1. The highest BCUT2D eigenvalue weighted by Crippen LogP contribution is 2.19. The molecule has 2 atom stereocenters. The van der Waals surface area contributed by atoms with Gasteiger partial charge in [0.2, 0.25) is 5.91 Å². The number of methoxy groups -OCH3 is 1. The molecular formula is C21H29N7O2. The van der Waals surface area contributed by atoms with E-state index in [-0.39, 0.29) is 11.8 Å². The van der Waals surface area contributed by atoms with Gasteiger partial charge in [0.25, 0.3) is 0 Å². The predicted molar refractivity (Wildman–Crippen MR) is 112 cm³/mol. The number of carbonyl (C=O) groups excluding carboxylic acids is 1. The van der Waals surface area contributed by atoms with Crippen LogP contribution in [0, 0.1) is 26.7 Å². The summed E-state index contributed by atoms with van der Waals surface area (Å²) in [5, 5.41) is 19.3. The van der Waals surface area contributed by atoms with Gasteiger partial charge >= 0.3 is 0 Å². The Bertz CT molecular complexity index is 995. The fourth-order valence-corrected chi connectivity index (χ4v) is 3.45. The van der Waals surface area contributed by atoms with Gasteiger partial charge in [-0.05, 0) is 60.9 Å². The van der Waals surface area contributed by atoms with Crippen molar-refractivity contribution < 1.29 is 9.53 Å². The number of aryl methyl sites for hydroxylation is 3. The summed E-state index contributed by atoms with van der Waals surface area (Å²) in [6.07, 6.45) is 0.459. The molecule has 9 nitrogen and oxygen atoms in total. The van der Waals surface area contributed by atoms with Gasteiger partial charge in [-0.2, -0.15) is 5.10 Å². The quantitative estimate of drug-likeness (QED) is 0.578. The molecule has 1 aromatic carbocycles. The summed E-state index contributed by atoms with van der Waals surface area (Å²) >= 11 is 0. The molecule has 1 amide bonds. The molecule has 2 aromatic heterocycles. The Kier molecular flexibility index (Phi) is 6.81. The lowest BCUT2D eigenvalue weighted by atomic mass is 10.0. The van der Waals surface area contributed by atoms with Crippen molar-refractivity contribution in [1.82, 2.24) is 35.3 Å². The van der Waals surface area contributed by atoms with Gasteiger partial charge in [-0.25, -0.2) is 4.68 Å². The van der Waals surface area contributed by atoms with Crippen LogP contribution >= 0.6 is 0 Å². The van der Waals surface area contributed by atoms with Crippen molar-refractivity contribution in [2.24, 2.45) is 5.92 Å². The van der Waals surface area contributed by atoms with E-state index in [1.807, 2.05) is 42.8 Å². The van der Waals surface area contributed by atoms with Crippen molar-refractivity contribution in [2.75, 3.05) is 13.7 Å². The Morgan fingerprint density at radius 2 is 2.03 bits per heavy atom. The number of benzene rings is 1. The predicted octanol–water partition coefficient (Wildman–Crippen LogP) is 2.04. The van der Waals surface area contributed by atoms with Crippen LogP contribution in [0.1, 0.15) is 35.7 Å². The second kappa shape index (κ2) is 9.51. The van der Waals surface area contributed by atoms with E-state index in [0.29, 0.717) is 18.8 Å². The number of hydrogen-bond donors (Lipinski definition) is 1. The van der Waals surface area contributed by atoms with Crippen molar-refractivity contribution in [3.8, 4) is 5.75 Å². The summed E-state index contributed by atoms with van der Waals surface area (Å²) in [6.45, 7) is 9.17. The summed E-state index contributed by atoms with van der Waals surface area (Å²) in [6, 6.07) is 9.18. The van der Waals surface area contributed by atoms with Crippen LogP contribution in [0.2, 0.25) is 0 Å². The second-order valence-electron chi connectivity index (χ2n) is 7.70. The summed E-state index contributed by atoms with van der Waals surface area (Å²) in [7, 11) is 1.62. The SMILES string of the molecule is COc1cccc(CC(C(=O)NCC(C)Cn2nc(C)cc2C)n2nnnc2C)c1. The molecule has 0 aliphatic carbocycles. The topological polar surface area (TPSA) is 99.8 Å². The lowest BCUT2D eigenvalue weighted by Crippen LogP contribution is -2.38. The van der Waals surface area contributed by atoms with Crippen molar-refractivity contribution >= 4 is 5.91 Å². The second-order valence-corrected chi connectivity index (χ2v) is 7.70. The summed E-state index contributed by atoms with van der Waals surface area (Å²) in [5.41, 5.74) is 3.09. The molecule has 2 unspecified atom stereocenters. The fraction of sp³-hybridized carbons (Fsp3) is 0.476. The Labute approximate surface area is 176 Å². The van der Waals surface area contributed by atoms with Crippen molar-refractivity contribution in [2.45, 2.75) is 46.7 Å². The third kappa shape index (κ3) is 5.22. The molecule has 0 spiro atoms. The average Bonchev–Trinajstić information content (AvgIpc) is 3.28. The van der Waals surface area contributed by atoms with Crippen molar-refractivity contribution in [3.05, 3.63) is 53.1 Å². The summed E-state index contributed by atoms with van der Waals surface area (Å²) in [5.74, 6) is 1.44. The summed E-state index contributed by atoms with van der Waals surface area (Å²) in [4.78, 5) is 13.1. The minimum absolute atomic E-state index is 0.117. The van der Waals surface area contributed by atoms with Crippen molar-refractivity contribution in [1.29, 1.82) is 0 Å². The van der Waals surface area contributed by atoms with Gasteiger partial charge in [0, 0.05) is 25.2 Å². The molecule has 30 heavy (non-hydrogen) atoms. The molecule has 3 aromatic rings. The number of aromatic nitrogens is 6. The van der Waals surface area contributed by atoms with Crippen LogP contribution < -0.4 is 10.1 Å². The van der Waals surface area contributed by atoms with E-state index in [9.17, 15) is 4.79 Å². The van der Waals surface area contributed by atoms with Gasteiger partial charge in [0.1, 0.15) is 17.6 Å².